The number of nitrogens with zero attached hydrogens (tertiary/aromatic N) is 1. The van der Waals surface area contributed by atoms with Crippen LogP contribution in [0.15, 0.2) is 83.3 Å². The highest BCUT2D eigenvalue weighted by Crippen LogP contribution is 2.23. The first-order valence-corrected chi connectivity index (χ1v) is 17.6. The van der Waals surface area contributed by atoms with Gasteiger partial charge in [0, 0.05) is 11.4 Å². The summed E-state index contributed by atoms with van der Waals surface area (Å²) in [5.41, 5.74) is 8.56. The van der Waals surface area contributed by atoms with Crippen molar-refractivity contribution in [3.05, 3.63) is 101 Å². The van der Waals surface area contributed by atoms with Gasteiger partial charge in [0.15, 0.2) is 11.5 Å². The summed E-state index contributed by atoms with van der Waals surface area (Å²) in [6.07, 6.45) is 2.29. The second kappa shape index (κ2) is 18.9. The third kappa shape index (κ3) is 10.6. The lowest BCUT2D eigenvalue weighted by atomic mass is 9.96. The van der Waals surface area contributed by atoms with Crippen LogP contribution in [-0.2, 0) is 25.6 Å². The molecule has 0 aliphatic carbocycles. The highest BCUT2D eigenvalue weighted by molar-refractivity contribution is 6.31. The molecule has 0 saturated heterocycles. The Morgan fingerprint density at radius 1 is 0.800 bits per heavy atom. The summed E-state index contributed by atoms with van der Waals surface area (Å²) in [6, 6.07) is 20.8. The van der Waals surface area contributed by atoms with E-state index < -0.39 is 36.0 Å². The maximum Gasteiger partial charge on any atom is 0.243 e. The number of unbranched alkanes of at least 4 members (excludes halogenated alkanes) is 1. The van der Waals surface area contributed by atoms with Crippen LogP contribution in [0.1, 0.15) is 75.9 Å². The predicted molar refractivity (Wildman–Crippen MR) is 194 cm³/mol. The Morgan fingerprint density at radius 2 is 1.44 bits per heavy atom. The van der Waals surface area contributed by atoms with Crippen LogP contribution >= 0.6 is 11.6 Å². The molecule has 6 N–H and O–H groups in total. The van der Waals surface area contributed by atoms with E-state index in [0.29, 0.717) is 48.4 Å². The van der Waals surface area contributed by atoms with Crippen molar-refractivity contribution >= 4 is 46.3 Å². The zero-order valence-corrected chi connectivity index (χ0v) is 29.5. The van der Waals surface area contributed by atoms with Gasteiger partial charge in [-0.1, -0.05) is 99.5 Å². The fourth-order valence-corrected chi connectivity index (χ4v) is 5.75. The summed E-state index contributed by atoms with van der Waals surface area (Å²) >= 11 is 6.10. The van der Waals surface area contributed by atoms with Crippen LogP contribution in [-0.4, -0.2) is 53.3 Å². The van der Waals surface area contributed by atoms with Gasteiger partial charge >= 0.3 is 0 Å². The molecule has 0 aliphatic rings. The molecule has 0 unspecified atom stereocenters. The van der Waals surface area contributed by atoms with Crippen molar-refractivity contribution in [2.45, 2.75) is 83.5 Å². The Balaban J connectivity index is 1.55. The monoisotopic (exact) mass is 702 g/mol. The number of aromatic nitrogens is 1. The van der Waals surface area contributed by atoms with E-state index in [1.807, 2.05) is 74.5 Å². The van der Waals surface area contributed by atoms with E-state index in [1.54, 1.807) is 25.1 Å². The number of halogens is 1. The molecule has 50 heavy (non-hydrogen) atoms. The molecule has 0 bridgehead atoms. The van der Waals surface area contributed by atoms with Gasteiger partial charge in [-0.25, -0.2) is 4.98 Å². The van der Waals surface area contributed by atoms with Crippen LogP contribution in [0.3, 0.4) is 0 Å². The van der Waals surface area contributed by atoms with Crippen molar-refractivity contribution in [3.8, 4) is 0 Å². The van der Waals surface area contributed by atoms with Crippen LogP contribution in [0, 0.1) is 5.92 Å². The van der Waals surface area contributed by atoms with E-state index in [1.165, 1.54) is 0 Å². The molecule has 4 amide bonds. The first kappa shape index (κ1) is 38.1. The summed E-state index contributed by atoms with van der Waals surface area (Å²) in [4.78, 5) is 58.7. The third-order valence-electron chi connectivity index (χ3n) is 8.67. The van der Waals surface area contributed by atoms with Crippen LogP contribution in [0.4, 0.5) is 0 Å². The quantitative estimate of drug-likeness (QED) is 0.0913. The number of nitrogens with two attached hydrogens (primary N) is 1. The van der Waals surface area contributed by atoms with E-state index in [4.69, 9.17) is 21.8 Å². The lowest BCUT2D eigenvalue weighted by Crippen LogP contribution is -2.59. The average molecular weight is 703 g/mol. The van der Waals surface area contributed by atoms with Gasteiger partial charge < -0.3 is 31.4 Å². The van der Waals surface area contributed by atoms with E-state index in [-0.39, 0.29) is 36.5 Å². The van der Waals surface area contributed by atoms with Gasteiger partial charge in [0.1, 0.15) is 23.6 Å². The zero-order chi connectivity index (χ0) is 36.0. The number of hydrogen-bond acceptors (Lipinski definition) is 7. The molecule has 0 saturated carbocycles. The fraction of sp³-hybridized carbons (Fsp3) is 0.395. The second-order valence-corrected chi connectivity index (χ2v) is 12.8. The highest BCUT2D eigenvalue weighted by Gasteiger charge is 2.33. The molecule has 266 valence electrons. The lowest BCUT2D eigenvalue weighted by Gasteiger charge is -2.29. The summed E-state index contributed by atoms with van der Waals surface area (Å²) < 4.78 is 5.83. The number of amides is 4. The third-order valence-corrected chi connectivity index (χ3v) is 8.91. The molecule has 4 atom stereocenters. The number of carbonyl (C=O) groups excluding carboxylic acids is 4. The normalized spacial score (nSPS) is 13.6. The van der Waals surface area contributed by atoms with Gasteiger partial charge in [0.2, 0.25) is 23.6 Å². The lowest BCUT2D eigenvalue weighted by molar-refractivity contribution is -0.134. The maximum absolute atomic E-state index is 14.0. The molecule has 1 heterocycles. The van der Waals surface area contributed by atoms with Crippen molar-refractivity contribution in [1.82, 2.24) is 26.3 Å². The Labute approximate surface area is 298 Å². The van der Waals surface area contributed by atoms with Crippen molar-refractivity contribution in [2.24, 2.45) is 11.7 Å². The molecule has 0 fully saturated rings. The molecule has 4 rings (SSSR count). The molecule has 1 aromatic heterocycles. The number of fused-ring (bicyclic) bond motifs is 1. The van der Waals surface area contributed by atoms with Gasteiger partial charge in [0.25, 0.3) is 0 Å². The largest absolute Gasteiger partial charge is 0.441 e. The van der Waals surface area contributed by atoms with E-state index in [0.717, 1.165) is 11.1 Å². The predicted octanol–water partition coefficient (Wildman–Crippen LogP) is 4.97. The number of carbonyl (C=O) groups is 4. The van der Waals surface area contributed by atoms with Gasteiger partial charge in [-0.3, -0.25) is 19.2 Å². The Hall–Kier alpha value is -4.74. The second-order valence-electron chi connectivity index (χ2n) is 12.4. The molecule has 4 aromatic rings. The standard InChI is InChI=1S/C38H47ClN6O5/c1-4-24(3)34(44-37(48)30(41-32(46)5-2)23-33-42-29-22-27(39)19-20-31(29)50-33)38(49)43-28(18-12-13-21-40)36(47)45-35(25-14-8-6-9-15-25)26-16-10-7-11-17-26/h6-11,14-17,19-20,22,24,28,30,34-35H,4-5,12-13,18,21,23,40H2,1-3H3,(H,41,46)(H,43,49)(H,44,48)(H,45,47)/t24-,28-,30-,34-/m0/s1. The van der Waals surface area contributed by atoms with Gasteiger partial charge in [-0.05, 0) is 61.1 Å². The Kier molecular flexibility index (Phi) is 14.4. The first-order chi connectivity index (χ1) is 24.1. The number of benzene rings is 3. The molecule has 12 heteroatoms. The summed E-state index contributed by atoms with van der Waals surface area (Å²) in [6.45, 7) is 5.88. The summed E-state index contributed by atoms with van der Waals surface area (Å²) in [5, 5.41) is 12.2. The number of rotatable bonds is 18. The molecule has 3 aromatic carbocycles. The maximum atomic E-state index is 14.0. The van der Waals surface area contributed by atoms with Crippen molar-refractivity contribution in [1.29, 1.82) is 0 Å². The molecule has 11 nitrogen and oxygen atoms in total. The number of nitrogens with one attached hydrogen (secondary N) is 4. The topological polar surface area (TPSA) is 168 Å². The van der Waals surface area contributed by atoms with Crippen molar-refractivity contribution < 1.29 is 23.6 Å². The van der Waals surface area contributed by atoms with Gasteiger partial charge in [-0.15, -0.1) is 0 Å². The summed E-state index contributed by atoms with van der Waals surface area (Å²) in [5.74, 6) is -1.87. The van der Waals surface area contributed by atoms with E-state index >= 15 is 0 Å². The SMILES string of the molecule is CCC(=O)N[C@@H](Cc1nc2cc(Cl)ccc2o1)C(=O)N[C@H](C(=O)N[C@@H](CCCCN)C(=O)NC(c1ccccc1)c1ccccc1)[C@@H](C)CC. The molecular formula is C38H47ClN6O5. The zero-order valence-electron chi connectivity index (χ0n) is 28.8. The van der Waals surface area contributed by atoms with Crippen LogP contribution in [0.2, 0.25) is 5.02 Å². The highest BCUT2D eigenvalue weighted by atomic mass is 35.5. The minimum absolute atomic E-state index is 0.0524. The molecule has 0 aliphatic heterocycles. The van der Waals surface area contributed by atoms with Crippen LogP contribution in [0.5, 0.6) is 0 Å². The van der Waals surface area contributed by atoms with Gasteiger partial charge in [0.05, 0.1) is 12.5 Å². The van der Waals surface area contributed by atoms with Crippen LogP contribution < -0.4 is 27.0 Å². The van der Waals surface area contributed by atoms with Gasteiger partial charge in [-0.2, -0.15) is 0 Å². The average Bonchev–Trinajstić information content (AvgIpc) is 3.53. The molecule has 0 spiro atoms. The molecular weight excluding hydrogens is 656 g/mol. The van der Waals surface area contributed by atoms with Crippen molar-refractivity contribution in [3.63, 3.8) is 0 Å². The number of hydrogen-bond donors (Lipinski definition) is 5. The minimum Gasteiger partial charge on any atom is -0.441 e. The first-order valence-electron chi connectivity index (χ1n) is 17.2. The smallest absolute Gasteiger partial charge is 0.243 e. The fourth-order valence-electron chi connectivity index (χ4n) is 5.59. The number of oxazole rings is 1. The molecule has 0 radical (unpaired) electrons. The van der Waals surface area contributed by atoms with E-state index in [2.05, 4.69) is 26.3 Å². The summed E-state index contributed by atoms with van der Waals surface area (Å²) in [7, 11) is 0. The minimum atomic E-state index is -1.08. The Bertz CT molecular complexity index is 1680. The van der Waals surface area contributed by atoms with E-state index in [9.17, 15) is 19.2 Å². The van der Waals surface area contributed by atoms with Crippen molar-refractivity contribution in [2.75, 3.05) is 6.54 Å². The Morgan fingerprint density at radius 3 is 2.04 bits per heavy atom. The van der Waals surface area contributed by atoms with Crippen LogP contribution in [0.25, 0.3) is 11.1 Å².